The van der Waals surface area contributed by atoms with Crippen molar-refractivity contribution in [1.29, 1.82) is 5.26 Å². The van der Waals surface area contributed by atoms with E-state index in [2.05, 4.69) is 28.6 Å². The highest BCUT2D eigenvalue weighted by molar-refractivity contribution is 5.72. The topological polar surface area (TPSA) is 54.5 Å². The molecule has 0 N–H and O–H groups in total. The highest BCUT2D eigenvalue weighted by atomic mass is 15.1. The number of aromatic nitrogens is 3. The van der Waals surface area contributed by atoms with Crippen LogP contribution in [0.25, 0.3) is 11.2 Å². The van der Waals surface area contributed by atoms with E-state index < -0.39 is 0 Å². The lowest BCUT2D eigenvalue weighted by Crippen LogP contribution is -2.05. The zero-order chi connectivity index (χ0) is 13.7. The fourth-order valence-electron chi connectivity index (χ4n) is 2.24. The van der Waals surface area contributed by atoms with E-state index in [1.54, 1.807) is 0 Å². The molecule has 2 heterocycles. The van der Waals surface area contributed by atoms with Gasteiger partial charge in [0.2, 0.25) is 0 Å². The molecule has 0 unspecified atom stereocenters. The molecule has 100 valence electrons. The predicted molar refractivity (Wildman–Crippen MR) is 75.7 cm³/mol. The van der Waals surface area contributed by atoms with E-state index in [0.29, 0.717) is 6.42 Å². The summed E-state index contributed by atoms with van der Waals surface area (Å²) < 4.78 is 2.18. The summed E-state index contributed by atoms with van der Waals surface area (Å²) >= 11 is 0. The van der Waals surface area contributed by atoms with Gasteiger partial charge in [-0.1, -0.05) is 13.3 Å². The molecular weight excluding hydrogens is 236 g/mol. The Morgan fingerprint density at radius 1 is 1.37 bits per heavy atom. The quantitative estimate of drug-likeness (QED) is 0.744. The molecule has 4 heteroatoms. The van der Waals surface area contributed by atoms with Crippen LogP contribution in [-0.4, -0.2) is 14.5 Å². The number of nitrogens with zero attached hydrogens (tertiary/aromatic N) is 4. The summed E-state index contributed by atoms with van der Waals surface area (Å²) in [6.07, 6.45) is 6.61. The number of hydrogen-bond acceptors (Lipinski definition) is 3. The lowest BCUT2D eigenvalue weighted by atomic mass is 10.2. The van der Waals surface area contributed by atoms with Crippen molar-refractivity contribution >= 4 is 11.2 Å². The molecule has 0 aromatic carbocycles. The van der Waals surface area contributed by atoms with Gasteiger partial charge in [-0.25, -0.2) is 9.97 Å². The van der Waals surface area contributed by atoms with Crippen LogP contribution in [0.5, 0.6) is 0 Å². The number of rotatable bonds is 6. The average molecular weight is 256 g/mol. The summed E-state index contributed by atoms with van der Waals surface area (Å²) in [5.41, 5.74) is 3.06. The number of aryl methyl sites for hydroxylation is 3. The summed E-state index contributed by atoms with van der Waals surface area (Å²) in [6.45, 7) is 5.05. The van der Waals surface area contributed by atoms with E-state index in [9.17, 15) is 0 Å². The lowest BCUT2D eigenvalue weighted by molar-refractivity contribution is 0.614. The van der Waals surface area contributed by atoms with Crippen molar-refractivity contribution in [2.75, 3.05) is 0 Å². The van der Waals surface area contributed by atoms with Crippen LogP contribution in [0.1, 0.15) is 44.0 Å². The molecule has 0 bridgehead atoms. The third-order valence-electron chi connectivity index (χ3n) is 3.22. The maximum atomic E-state index is 8.66. The molecule has 0 aliphatic heterocycles. The first kappa shape index (κ1) is 13.5. The van der Waals surface area contributed by atoms with Gasteiger partial charge in [0.25, 0.3) is 0 Å². The normalized spacial score (nSPS) is 10.8. The summed E-state index contributed by atoms with van der Waals surface area (Å²) in [7, 11) is 0. The van der Waals surface area contributed by atoms with Gasteiger partial charge in [-0.05, 0) is 31.4 Å². The third-order valence-corrected chi connectivity index (χ3v) is 3.22. The first-order chi connectivity index (χ1) is 9.26. The number of unbranched alkanes of at least 4 members (excludes halogenated alkanes) is 2. The van der Waals surface area contributed by atoms with Crippen LogP contribution in [-0.2, 0) is 13.0 Å². The van der Waals surface area contributed by atoms with Crippen LogP contribution in [0.15, 0.2) is 12.3 Å². The van der Waals surface area contributed by atoms with E-state index in [1.165, 1.54) is 0 Å². The predicted octanol–water partition coefficient (Wildman–Crippen LogP) is 3.39. The van der Waals surface area contributed by atoms with Crippen molar-refractivity contribution in [3.05, 3.63) is 23.7 Å². The Kier molecular flexibility index (Phi) is 4.51. The average Bonchev–Trinajstić information content (AvgIpc) is 2.74. The number of fused-ring (bicyclic) bond motifs is 1. The van der Waals surface area contributed by atoms with Crippen molar-refractivity contribution in [2.24, 2.45) is 0 Å². The minimum absolute atomic E-state index is 0.582. The number of imidazole rings is 1. The van der Waals surface area contributed by atoms with Gasteiger partial charge in [-0.3, -0.25) is 0 Å². The van der Waals surface area contributed by atoms with Crippen molar-refractivity contribution in [3.8, 4) is 6.07 Å². The van der Waals surface area contributed by atoms with Crippen LogP contribution in [0.3, 0.4) is 0 Å². The zero-order valence-electron chi connectivity index (χ0n) is 11.7. The Bertz CT molecular complexity index is 592. The first-order valence-corrected chi connectivity index (χ1v) is 6.95. The molecule has 19 heavy (non-hydrogen) atoms. The van der Waals surface area contributed by atoms with Gasteiger partial charge in [0.15, 0.2) is 5.65 Å². The third kappa shape index (κ3) is 3.11. The van der Waals surface area contributed by atoms with Crippen LogP contribution < -0.4 is 0 Å². The summed E-state index contributed by atoms with van der Waals surface area (Å²) in [6, 6.07) is 4.28. The number of nitriles is 1. The Labute approximate surface area is 114 Å². The molecule has 0 atom stereocenters. The number of pyridine rings is 1. The molecule has 4 nitrogen and oxygen atoms in total. The zero-order valence-corrected chi connectivity index (χ0v) is 11.7. The second-order valence-corrected chi connectivity index (χ2v) is 4.90. The van der Waals surface area contributed by atoms with Crippen molar-refractivity contribution in [1.82, 2.24) is 14.5 Å². The molecular formula is C15H20N4. The number of hydrogen-bond donors (Lipinski definition) is 0. The molecule has 0 aliphatic carbocycles. The fraction of sp³-hybridized carbons (Fsp3) is 0.533. The molecule has 2 aromatic rings. The lowest BCUT2D eigenvalue weighted by Gasteiger charge is -2.06. The molecule has 0 radical (unpaired) electrons. The van der Waals surface area contributed by atoms with Crippen molar-refractivity contribution in [2.45, 2.75) is 52.5 Å². The van der Waals surface area contributed by atoms with Gasteiger partial charge in [0.1, 0.15) is 11.3 Å². The van der Waals surface area contributed by atoms with Crippen LogP contribution >= 0.6 is 0 Å². The highest BCUT2D eigenvalue weighted by Gasteiger charge is 2.11. The van der Waals surface area contributed by atoms with E-state index in [1.807, 2.05) is 13.1 Å². The summed E-state index contributed by atoms with van der Waals surface area (Å²) in [5, 5.41) is 8.66. The molecule has 0 spiro atoms. The molecule has 2 aromatic heterocycles. The molecule has 2 rings (SSSR count). The standard InChI is InChI=1S/C15H20N4/c1-3-4-7-14-18-13-10-12(2)11-17-15(13)19(14)9-6-5-8-16/h10-11H,3-7,9H2,1-2H3. The maximum absolute atomic E-state index is 8.66. The van der Waals surface area contributed by atoms with Crippen LogP contribution in [0.2, 0.25) is 0 Å². The highest BCUT2D eigenvalue weighted by Crippen LogP contribution is 2.17. The van der Waals surface area contributed by atoms with Gasteiger partial charge >= 0.3 is 0 Å². The van der Waals surface area contributed by atoms with Gasteiger partial charge in [-0.2, -0.15) is 5.26 Å². The molecule has 0 saturated carbocycles. The van der Waals surface area contributed by atoms with Gasteiger partial charge in [-0.15, -0.1) is 0 Å². The second kappa shape index (κ2) is 6.33. The smallest absolute Gasteiger partial charge is 0.160 e. The minimum Gasteiger partial charge on any atom is -0.313 e. The molecule has 0 amide bonds. The van der Waals surface area contributed by atoms with Crippen molar-refractivity contribution in [3.63, 3.8) is 0 Å². The van der Waals surface area contributed by atoms with E-state index >= 15 is 0 Å². The summed E-state index contributed by atoms with van der Waals surface area (Å²) in [4.78, 5) is 9.21. The Hall–Kier alpha value is -1.89. The molecule has 0 aliphatic rings. The van der Waals surface area contributed by atoms with Crippen LogP contribution in [0, 0.1) is 18.3 Å². The van der Waals surface area contributed by atoms with E-state index in [0.717, 1.165) is 54.8 Å². The first-order valence-electron chi connectivity index (χ1n) is 6.95. The Balaban J connectivity index is 2.34. The van der Waals surface area contributed by atoms with Gasteiger partial charge in [0.05, 0.1) is 6.07 Å². The van der Waals surface area contributed by atoms with Crippen molar-refractivity contribution < 1.29 is 0 Å². The van der Waals surface area contributed by atoms with E-state index in [-0.39, 0.29) is 0 Å². The molecule has 0 fully saturated rings. The molecule has 0 saturated heterocycles. The minimum atomic E-state index is 0.582. The SMILES string of the molecule is CCCCc1nc2cc(C)cnc2n1CCCC#N. The maximum Gasteiger partial charge on any atom is 0.160 e. The second-order valence-electron chi connectivity index (χ2n) is 4.90. The van der Waals surface area contributed by atoms with Gasteiger partial charge in [0, 0.05) is 25.6 Å². The van der Waals surface area contributed by atoms with Crippen LogP contribution in [0.4, 0.5) is 0 Å². The van der Waals surface area contributed by atoms with Gasteiger partial charge < -0.3 is 4.57 Å². The van der Waals surface area contributed by atoms with E-state index in [4.69, 9.17) is 10.2 Å². The summed E-state index contributed by atoms with van der Waals surface area (Å²) in [5.74, 6) is 1.10. The Morgan fingerprint density at radius 2 is 2.21 bits per heavy atom. The Morgan fingerprint density at radius 3 is 2.95 bits per heavy atom. The monoisotopic (exact) mass is 256 g/mol. The fourth-order valence-corrected chi connectivity index (χ4v) is 2.24. The largest absolute Gasteiger partial charge is 0.313 e.